The molecule has 0 saturated carbocycles. The van der Waals surface area contributed by atoms with Crippen LogP contribution in [0, 0.1) is 0 Å². The number of anilines is 1. The summed E-state index contributed by atoms with van der Waals surface area (Å²) in [6.07, 6.45) is 6.27. The van der Waals surface area contributed by atoms with E-state index in [1.807, 2.05) is 6.07 Å². The molecule has 0 spiro atoms. The van der Waals surface area contributed by atoms with Gasteiger partial charge in [0.25, 0.3) is 0 Å². The number of allylic oxidation sites excluding steroid dienone is 2. The zero-order valence-electron chi connectivity index (χ0n) is 22.1. The topological polar surface area (TPSA) is 92.3 Å². The molecule has 0 radical (unpaired) electrons. The Morgan fingerprint density at radius 3 is 1.92 bits per heavy atom. The molecule has 198 valence electrons. The zero-order chi connectivity index (χ0) is 27.5. The lowest BCUT2D eigenvalue weighted by atomic mass is 10.1. The van der Waals surface area contributed by atoms with Crippen molar-refractivity contribution >= 4 is 23.3 Å². The summed E-state index contributed by atoms with van der Waals surface area (Å²) in [6.45, 7) is 0. The van der Waals surface area contributed by atoms with E-state index in [0.29, 0.717) is 45.6 Å². The van der Waals surface area contributed by atoms with Gasteiger partial charge in [-0.15, -0.1) is 0 Å². The number of hydrogen-bond acceptors (Lipinski definition) is 8. The fraction of sp³-hybridized carbons (Fsp3) is 0.200. The number of rotatable bonds is 13. The van der Waals surface area contributed by atoms with Crippen LogP contribution in [0.2, 0.25) is 0 Å². The summed E-state index contributed by atoms with van der Waals surface area (Å²) in [5.74, 6) is 2.60. The van der Waals surface area contributed by atoms with Gasteiger partial charge in [0, 0.05) is 36.4 Å². The Hall–Kier alpha value is -4.72. The van der Waals surface area contributed by atoms with E-state index < -0.39 is 0 Å². The summed E-state index contributed by atoms with van der Waals surface area (Å²) in [5.41, 5.74) is 2.56. The number of hydrogen-bond donors (Lipinski definition) is 1. The molecule has 8 nitrogen and oxygen atoms in total. The van der Waals surface area contributed by atoms with Crippen LogP contribution in [0.4, 0.5) is 5.69 Å². The molecule has 1 N–H and O–H groups in total. The molecule has 8 heteroatoms. The minimum Gasteiger partial charge on any atom is -0.497 e. The Balaban J connectivity index is 1.71. The molecule has 3 aromatic carbocycles. The predicted molar refractivity (Wildman–Crippen MR) is 147 cm³/mol. The normalized spacial score (nSPS) is 10.9. The molecule has 0 saturated heterocycles. The van der Waals surface area contributed by atoms with Gasteiger partial charge >= 0.3 is 0 Å². The minimum atomic E-state index is -0.167. The third-order valence-electron chi connectivity index (χ3n) is 5.68. The minimum absolute atomic E-state index is 0.119. The van der Waals surface area contributed by atoms with Crippen LogP contribution < -0.4 is 29.0 Å². The van der Waals surface area contributed by atoms with Gasteiger partial charge in [-0.25, -0.2) is 0 Å². The first kappa shape index (κ1) is 27.9. The molecule has 0 unspecified atom stereocenters. The second kappa shape index (κ2) is 13.5. The summed E-state index contributed by atoms with van der Waals surface area (Å²) in [7, 11) is 7.76. The number of ether oxygens (including phenoxy) is 5. The molecular formula is C30H31NO7. The van der Waals surface area contributed by atoms with Crippen molar-refractivity contribution in [3.05, 3.63) is 89.6 Å². The summed E-state index contributed by atoms with van der Waals surface area (Å²) in [4.78, 5) is 25.2. The maximum absolute atomic E-state index is 12.8. The van der Waals surface area contributed by atoms with Crippen LogP contribution in [0.5, 0.6) is 28.7 Å². The summed E-state index contributed by atoms with van der Waals surface area (Å²) in [6, 6.07) is 15.7. The van der Waals surface area contributed by atoms with Crippen LogP contribution >= 0.6 is 0 Å². The van der Waals surface area contributed by atoms with Gasteiger partial charge in [-0.1, -0.05) is 6.07 Å². The third-order valence-corrected chi connectivity index (χ3v) is 5.68. The fourth-order valence-electron chi connectivity index (χ4n) is 3.67. The average molecular weight is 518 g/mol. The molecule has 0 aliphatic carbocycles. The summed E-state index contributed by atoms with van der Waals surface area (Å²) >= 11 is 0. The van der Waals surface area contributed by atoms with Crippen molar-refractivity contribution in [2.75, 3.05) is 40.9 Å². The lowest BCUT2D eigenvalue weighted by molar-refractivity contribution is -0.113. The van der Waals surface area contributed by atoms with Gasteiger partial charge in [0.15, 0.2) is 11.6 Å². The molecule has 0 aromatic heterocycles. The van der Waals surface area contributed by atoms with Crippen molar-refractivity contribution in [3.8, 4) is 28.7 Å². The molecule has 0 bridgehead atoms. The number of ketones is 2. The Morgan fingerprint density at radius 1 is 0.711 bits per heavy atom. The van der Waals surface area contributed by atoms with Crippen LogP contribution in [-0.4, -0.2) is 47.1 Å². The highest BCUT2D eigenvalue weighted by Gasteiger charge is 2.12. The first-order valence-corrected chi connectivity index (χ1v) is 11.7. The molecule has 0 aliphatic heterocycles. The first-order valence-electron chi connectivity index (χ1n) is 11.7. The van der Waals surface area contributed by atoms with Crippen molar-refractivity contribution in [3.63, 3.8) is 0 Å². The molecule has 38 heavy (non-hydrogen) atoms. The third kappa shape index (κ3) is 7.16. The number of methoxy groups -OCH3 is 5. The van der Waals surface area contributed by atoms with Crippen LogP contribution in [0.25, 0.3) is 6.08 Å². The Bertz CT molecular complexity index is 1300. The quantitative estimate of drug-likeness (QED) is 0.239. The molecule has 3 aromatic rings. The highest BCUT2D eigenvalue weighted by atomic mass is 16.5. The van der Waals surface area contributed by atoms with Gasteiger partial charge < -0.3 is 29.0 Å². The molecule has 0 atom stereocenters. The lowest BCUT2D eigenvalue weighted by Crippen LogP contribution is -2.02. The average Bonchev–Trinajstić information content (AvgIpc) is 2.95. The Labute approximate surface area is 222 Å². The fourth-order valence-corrected chi connectivity index (χ4v) is 3.67. The van der Waals surface area contributed by atoms with Gasteiger partial charge in [-0.3, -0.25) is 9.59 Å². The van der Waals surface area contributed by atoms with Crippen molar-refractivity contribution in [1.82, 2.24) is 0 Å². The van der Waals surface area contributed by atoms with E-state index in [1.54, 1.807) is 75.9 Å². The largest absolute Gasteiger partial charge is 0.497 e. The lowest BCUT2D eigenvalue weighted by Gasteiger charge is -2.12. The van der Waals surface area contributed by atoms with E-state index >= 15 is 0 Å². The van der Waals surface area contributed by atoms with Gasteiger partial charge in [0.1, 0.15) is 28.7 Å². The molecule has 0 fully saturated rings. The maximum atomic E-state index is 12.8. The monoisotopic (exact) mass is 517 g/mol. The number of nitrogens with one attached hydrogen (secondary N) is 1. The SMILES string of the molecule is COc1ccc(C(=O)/C=C/Nc2cc(CC(=O)/C=C/c3c(OC)cc(OC)cc3OC)ccc2OC)cc1. The van der Waals surface area contributed by atoms with E-state index in [9.17, 15) is 9.59 Å². The van der Waals surface area contributed by atoms with Crippen LogP contribution in [-0.2, 0) is 11.2 Å². The second-order valence-electron chi connectivity index (χ2n) is 8.03. The van der Waals surface area contributed by atoms with Crippen molar-refractivity contribution in [2.24, 2.45) is 0 Å². The molecule has 3 rings (SSSR count). The predicted octanol–water partition coefficient (Wildman–Crippen LogP) is 5.36. The smallest absolute Gasteiger partial charge is 0.187 e. The Morgan fingerprint density at radius 2 is 1.34 bits per heavy atom. The highest BCUT2D eigenvalue weighted by Crippen LogP contribution is 2.35. The van der Waals surface area contributed by atoms with Crippen LogP contribution in [0.3, 0.4) is 0 Å². The number of benzene rings is 3. The van der Waals surface area contributed by atoms with E-state index in [4.69, 9.17) is 23.7 Å². The second-order valence-corrected chi connectivity index (χ2v) is 8.03. The van der Waals surface area contributed by atoms with E-state index in [0.717, 1.165) is 5.56 Å². The van der Waals surface area contributed by atoms with Gasteiger partial charge in [-0.2, -0.15) is 0 Å². The van der Waals surface area contributed by atoms with E-state index in [1.165, 1.54) is 32.6 Å². The Kier molecular flexibility index (Phi) is 9.93. The number of carbonyl (C=O) groups excluding carboxylic acids is 2. The van der Waals surface area contributed by atoms with E-state index in [-0.39, 0.29) is 18.0 Å². The maximum Gasteiger partial charge on any atom is 0.187 e. The summed E-state index contributed by atoms with van der Waals surface area (Å²) < 4.78 is 26.7. The van der Waals surface area contributed by atoms with Gasteiger partial charge in [0.05, 0.1) is 46.8 Å². The van der Waals surface area contributed by atoms with Crippen LogP contribution in [0.15, 0.2) is 72.9 Å². The first-order chi connectivity index (χ1) is 18.4. The van der Waals surface area contributed by atoms with Gasteiger partial charge in [-0.05, 0) is 54.1 Å². The highest BCUT2D eigenvalue weighted by molar-refractivity contribution is 6.04. The van der Waals surface area contributed by atoms with Crippen molar-refractivity contribution in [1.29, 1.82) is 0 Å². The van der Waals surface area contributed by atoms with Crippen molar-refractivity contribution < 1.29 is 33.3 Å². The van der Waals surface area contributed by atoms with Crippen molar-refractivity contribution in [2.45, 2.75) is 6.42 Å². The molecule has 0 amide bonds. The van der Waals surface area contributed by atoms with E-state index in [2.05, 4.69) is 5.32 Å². The van der Waals surface area contributed by atoms with Gasteiger partial charge in [0.2, 0.25) is 0 Å². The number of carbonyl (C=O) groups is 2. The molecule has 0 heterocycles. The standard InChI is InChI=1S/C30H31NO7/c1-34-23-10-7-21(8-11-23)27(33)14-15-31-26-17-20(6-13-28(26)36-3)16-22(32)9-12-25-29(37-4)18-24(35-2)19-30(25)38-5/h6-15,17-19,31H,16H2,1-5H3/b12-9+,15-14+. The molecular weight excluding hydrogens is 486 g/mol. The zero-order valence-corrected chi connectivity index (χ0v) is 22.1. The summed E-state index contributed by atoms with van der Waals surface area (Å²) in [5, 5.41) is 3.07. The molecule has 0 aliphatic rings. The van der Waals surface area contributed by atoms with Crippen LogP contribution in [0.1, 0.15) is 21.5 Å².